The Balaban J connectivity index is 2.20. The Morgan fingerprint density at radius 3 is 2.74 bits per heavy atom. The van der Waals surface area contributed by atoms with E-state index in [1.165, 1.54) is 6.07 Å². The van der Waals surface area contributed by atoms with E-state index < -0.39 is 17.7 Å². The summed E-state index contributed by atoms with van der Waals surface area (Å²) in [5, 5.41) is 16.9. The van der Waals surface area contributed by atoms with E-state index in [0.29, 0.717) is 0 Å². The fraction of sp³-hybridized carbons (Fsp3) is 0. The summed E-state index contributed by atoms with van der Waals surface area (Å²) in [6, 6.07) is 4.48. The van der Waals surface area contributed by atoms with Crippen molar-refractivity contribution >= 4 is 29.3 Å². The molecule has 2 aromatic rings. The molecule has 3 N–H and O–H groups in total. The number of carbonyl (C=O) groups is 2. The first-order valence-corrected chi connectivity index (χ1v) is 5.40. The van der Waals surface area contributed by atoms with Crippen LogP contribution in [0, 0.1) is 5.82 Å². The summed E-state index contributed by atoms with van der Waals surface area (Å²) in [4.78, 5) is 22.4. The third-order valence-electron chi connectivity index (χ3n) is 2.22. The second kappa shape index (κ2) is 5.07. The van der Waals surface area contributed by atoms with E-state index in [-0.39, 0.29) is 22.1 Å². The highest BCUT2D eigenvalue weighted by atomic mass is 35.5. The predicted octanol–water partition coefficient (Wildman–Crippen LogP) is 2.15. The number of H-pyrrole nitrogens is 1. The van der Waals surface area contributed by atoms with E-state index >= 15 is 0 Å². The topological polar surface area (TPSA) is 95.1 Å². The van der Waals surface area contributed by atoms with Gasteiger partial charge in [0, 0.05) is 6.07 Å². The van der Waals surface area contributed by atoms with Gasteiger partial charge in [-0.05, 0) is 18.2 Å². The quantitative estimate of drug-likeness (QED) is 0.804. The number of hydrogen-bond acceptors (Lipinski definition) is 3. The van der Waals surface area contributed by atoms with Gasteiger partial charge in [-0.2, -0.15) is 5.10 Å². The lowest BCUT2D eigenvalue weighted by molar-refractivity contribution is 0.0690. The second-order valence-corrected chi connectivity index (χ2v) is 3.96. The van der Waals surface area contributed by atoms with Crippen LogP contribution in [0.25, 0.3) is 0 Å². The van der Waals surface area contributed by atoms with Gasteiger partial charge in [0.05, 0.1) is 10.6 Å². The fourth-order valence-corrected chi connectivity index (χ4v) is 1.55. The molecule has 8 heteroatoms. The van der Waals surface area contributed by atoms with E-state index in [0.717, 1.165) is 18.2 Å². The molecule has 98 valence electrons. The number of rotatable bonds is 3. The average Bonchev–Trinajstić information content (AvgIpc) is 2.80. The summed E-state index contributed by atoms with van der Waals surface area (Å²) in [5.41, 5.74) is -0.248. The van der Waals surface area contributed by atoms with Gasteiger partial charge in [0.15, 0.2) is 5.82 Å². The Hall–Kier alpha value is -2.41. The third-order valence-corrected chi connectivity index (χ3v) is 2.55. The van der Waals surface area contributed by atoms with E-state index in [1.54, 1.807) is 0 Å². The van der Waals surface area contributed by atoms with E-state index in [4.69, 9.17) is 16.7 Å². The van der Waals surface area contributed by atoms with Gasteiger partial charge in [-0.25, -0.2) is 9.18 Å². The Morgan fingerprint density at radius 1 is 1.37 bits per heavy atom. The number of carboxylic acids is 1. The number of benzene rings is 1. The maximum Gasteiger partial charge on any atom is 0.353 e. The molecule has 0 unspecified atom stereocenters. The van der Waals surface area contributed by atoms with Crippen molar-refractivity contribution in [3.63, 3.8) is 0 Å². The first-order chi connectivity index (χ1) is 8.97. The molecule has 19 heavy (non-hydrogen) atoms. The van der Waals surface area contributed by atoms with Crippen LogP contribution in [-0.2, 0) is 0 Å². The highest BCUT2D eigenvalue weighted by Gasteiger charge is 2.14. The minimum absolute atomic E-state index is 0.00253. The van der Waals surface area contributed by atoms with Crippen LogP contribution in [0.1, 0.15) is 20.8 Å². The molecule has 1 aromatic carbocycles. The fourth-order valence-electron chi connectivity index (χ4n) is 1.35. The van der Waals surface area contributed by atoms with Gasteiger partial charge in [0.25, 0.3) is 5.91 Å². The van der Waals surface area contributed by atoms with Crippen LogP contribution >= 0.6 is 11.6 Å². The van der Waals surface area contributed by atoms with Crippen LogP contribution in [-0.4, -0.2) is 27.2 Å². The zero-order chi connectivity index (χ0) is 14.0. The predicted molar refractivity (Wildman–Crippen MR) is 64.9 cm³/mol. The van der Waals surface area contributed by atoms with Crippen LogP contribution in [0.2, 0.25) is 5.02 Å². The number of aromatic nitrogens is 2. The highest BCUT2D eigenvalue weighted by molar-refractivity contribution is 6.34. The summed E-state index contributed by atoms with van der Waals surface area (Å²) in [6.45, 7) is 0. The molecule has 0 aliphatic rings. The van der Waals surface area contributed by atoms with Crippen molar-refractivity contribution in [1.29, 1.82) is 0 Å². The number of amides is 1. The molecule has 1 amide bonds. The summed E-state index contributed by atoms with van der Waals surface area (Å²) < 4.78 is 13.0. The lowest BCUT2D eigenvalue weighted by atomic mass is 10.2. The molecule has 2 rings (SSSR count). The number of nitrogens with one attached hydrogen (secondary N) is 2. The zero-order valence-corrected chi connectivity index (χ0v) is 10.0. The van der Waals surface area contributed by atoms with Crippen LogP contribution in [0.5, 0.6) is 0 Å². The molecule has 0 aliphatic heterocycles. The molecule has 0 atom stereocenters. The Kier molecular flexibility index (Phi) is 3.48. The van der Waals surface area contributed by atoms with Crippen LogP contribution in [0.4, 0.5) is 10.2 Å². The Labute approximate surface area is 111 Å². The highest BCUT2D eigenvalue weighted by Crippen LogP contribution is 2.18. The number of anilines is 1. The number of carbonyl (C=O) groups excluding carboxylic acids is 1. The van der Waals surface area contributed by atoms with Gasteiger partial charge in [-0.15, -0.1) is 0 Å². The number of aromatic amines is 1. The van der Waals surface area contributed by atoms with Crippen molar-refractivity contribution in [1.82, 2.24) is 10.2 Å². The van der Waals surface area contributed by atoms with Crippen molar-refractivity contribution in [2.24, 2.45) is 0 Å². The van der Waals surface area contributed by atoms with Gasteiger partial charge in [0.2, 0.25) is 0 Å². The molecule has 1 aromatic heterocycles. The molecule has 0 fully saturated rings. The van der Waals surface area contributed by atoms with Crippen molar-refractivity contribution in [3.05, 3.63) is 46.4 Å². The van der Waals surface area contributed by atoms with Gasteiger partial charge < -0.3 is 10.4 Å². The lowest BCUT2D eigenvalue weighted by Gasteiger charge is -2.03. The zero-order valence-electron chi connectivity index (χ0n) is 9.28. The van der Waals surface area contributed by atoms with Crippen molar-refractivity contribution in [2.75, 3.05) is 5.32 Å². The number of hydrogen-bond donors (Lipinski definition) is 3. The summed E-state index contributed by atoms with van der Waals surface area (Å²) in [6.07, 6.45) is 0. The van der Waals surface area contributed by atoms with Crippen molar-refractivity contribution < 1.29 is 19.1 Å². The van der Waals surface area contributed by atoms with Crippen molar-refractivity contribution in [2.45, 2.75) is 0 Å². The monoisotopic (exact) mass is 283 g/mol. The van der Waals surface area contributed by atoms with E-state index in [2.05, 4.69) is 15.5 Å². The van der Waals surface area contributed by atoms with Gasteiger partial charge in [-0.1, -0.05) is 11.6 Å². The molecule has 0 spiro atoms. The second-order valence-electron chi connectivity index (χ2n) is 3.55. The lowest BCUT2D eigenvalue weighted by Crippen LogP contribution is -2.13. The summed E-state index contributed by atoms with van der Waals surface area (Å²) in [5.74, 6) is -2.50. The van der Waals surface area contributed by atoms with Crippen LogP contribution < -0.4 is 5.32 Å². The first-order valence-electron chi connectivity index (χ1n) is 5.02. The number of aromatic carboxylic acids is 1. The maximum atomic E-state index is 13.0. The molecule has 0 bridgehead atoms. The minimum atomic E-state index is -1.21. The van der Waals surface area contributed by atoms with Gasteiger partial charge in [0.1, 0.15) is 11.5 Å². The number of nitrogens with zero attached hydrogens (tertiary/aromatic N) is 1. The van der Waals surface area contributed by atoms with E-state index in [9.17, 15) is 14.0 Å². The summed E-state index contributed by atoms with van der Waals surface area (Å²) >= 11 is 5.76. The molecular weight excluding hydrogens is 277 g/mol. The normalized spacial score (nSPS) is 10.2. The van der Waals surface area contributed by atoms with E-state index in [1.807, 2.05) is 0 Å². The molecule has 0 saturated heterocycles. The Morgan fingerprint density at radius 2 is 2.11 bits per heavy atom. The number of halogens is 2. The van der Waals surface area contributed by atoms with Gasteiger partial charge in [-0.3, -0.25) is 9.89 Å². The van der Waals surface area contributed by atoms with Gasteiger partial charge >= 0.3 is 5.97 Å². The summed E-state index contributed by atoms with van der Waals surface area (Å²) in [7, 11) is 0. The standard InChI is InChI=1S/C11H7ClFN3O3/c12-7-2-1-5(13)3-6(7)10(17)14-9-4-8(11(18)19)15-16-9/h1-4H,(H,18,19)(H2,14,15,16,17). The molecular formula is C11H7ClFN3O3. The smallest absolute Gasteiger partial charge is 0.353 e. The van der Waals surface area contributed by atoms with Crippen LogP contribution in [0.3, 0.4) is 0 Å². The third kappa shape index (κ3) is 2.89. The minimum Gasteiger partial charge on any atom is -0.477 e. The SMILES string of the molecule is O=C(O)c1cc(NC(=O)c2cc(F)ccc2Cl)n[nH]1. The molecule has 6 nitrogen and oxygen atoms in total. The first kappa shape index (κ1) is 13.0. The molecule has 0 aliphatic carbocycles. The number of carboxylic acid groups (broad SMARTS) is 1. The largest absolute Gasteiger partial charge is 0.477 e. The van der Waals surface area contributed by atoms with Crippen LogP contribution in [0.15, 0.2) is 24.3 Å². The van der Waals surface area contributed by atoms with Crippen molar-refractivity contribution in [3.8, 4) is 0 Å². The maximum absolute atomic E-state index is 13.0. The molecule has 0 saturated carbocycles. The molecule has 0 radical (unpaired) electrons. The Bertz CT molecular complexity index is 656. The average molecular weight is 284 g/mol. The molecule has 1 heterocycles.